The maximum absolute atomic E-state index is 2.51. The largest absolute Gasteiger partial charge is 0.309 e. The second-order valence-corrected chi connectivity index (χ2v) is 39.3. The van der Waals surface area contributed by atoms with Gasteiger partial charge in [-0.3, -0.25) is 0 Å². The van der Waals surface area contributed by atoms with Gasteiger partial charge in [0.15, 0.2) is 0 Å². The van der Waals surface area contributed by atoms with Crippen LogP contribution in [-0.4, -0.2) is 41.1 Å². The molecule has 33 rings (SSSR count). The lowest BCUT2D eigenvalue weighted by molar-refractivity contribution is 1.16. The lowest BCUT2D eigenvalue weighted by Gasteiger charge is -2.14. The van der Waals surface area contributed by atoms with E-state index < -0.39 is 0 Å². The smallest absolute Gasteiger partial charge is 0.0641 e. The van der Waals surface area contributed by atoms with E-state index in [4.69, 9.17) is 0 Å². The highest BCUT2D eigenvalue weighted by Gasteiger charge is 2.29. The van der Waals surface area contributed by atoms with Crippen LogP contribution in [0.5, 0.6) is 0 Å². The number of benzene rings is 24. The van der Waals surface area contributed by atoms with Gasteiger partial charge >= 0.3 is 0 Å². The predicted molar refractivity (Wildman–Crippen MR) is 629 cm³/mol. The quantitative estimate of drug-likeness (QED) is 0.123. The summed E-state index contributed by atoms with van der Waals surface area (Å²) in [5.74, 6) is 0. The Morgan fingerprint density at radius 3 is 0.758 bits per heavy atom. The molecular formula is C140H89N9. The third-order valence-electron chi connectivity index (χ3n) is 31.4. The highest BCUT2D eigenvalue weighted by molar-refractivity contribution is 6.31. The molecule has 0 spiro atoms. The lowest BCUT2D eigenvalue weighted by atomic mass is 10.00. The van der Waals surface area contributed by atoms with Gasteiger partial charge in [0, 0.05) is 148 Å². The number of hydrogen-bond donors (Lipinski definition) is 0. The van der Waals surface area contributed by atoms with Crippen LogP contribution >= 0.6 is 0 Å². The Morgan fingerprint density at radius 1 is 0.101 bits per heavy atom. The second kappa shape index (κ2) is 33.3. The van der Waals surface area contributed by atoms with Gasteiger partial charge in [-0.15, -0.1) is 0 Å². The molecular weight excluding hydrogens is 1810 g/mol. The Morgan fingerprint density at radius 2 is 0.342 bits per heavy atom. The van der Waals surface area contributed by atoms with Gasteiger partial charge in [0.1, 0.15) is 0 Å². The SMILES string of the molecule is c1ccc(-c2cccc(-n3c4ccccc4c4cc(-n5c6ccccc6c6ccc7c(c8ccccc8n7-c7ccccc7)c65)ccc43)c2)cc1.c1ccc(-n2c3ccccc3c3cc(-n4c5ccccc5c5ccc6c(c7ccccc7n6-c6ccccc6)c54)ccc32)cc1.c1ccc(-n2c3ccccc3c3ccc(-n4c5ccccc5c5ccc6c(c7ccccc7n6-c6cc7ccccc7c7ccccc67)c54)cc32)cc1. The van der Waals surface area contributed by atoms with E-state index in [0.717, 1.165) is 34.1 Å². The molecule has 0 saturated heterocycles. The van der Waals surface area contributed by atoms with Gasteiger partial charge in [-0.2, -0.15) is 0 Å². The van der Waals surface area contributed by atoms with Gasteiger partial charge in [-0.1, -0.05) is 352 Å². The van der Waals surface area contributed by atoms with E-state index in [2.05, 4.69) is 581 Å². The summed E-state index contributed by atoms with van der Waals surface area (Å²) < 4.78 is 22.0. The van der Waals surface area contributed by atoms with E-state index in [0.29, 0.717) is 0 Å². The molecule has 9 aromatic heterocycles. The number of fused-ring (bicyclic) bond motifs is 33. The molecule has 24 aromatic carbocycles. The van der Waals surface area contributed by atoms with Crippen molar-refractivity contribution in [3.63, 3.8) is 0 Å². The molecule has 0 saturated carbocycles. The Labute approximate surface area is 855 Å². The molecule has 0 fully saturated rings. The molecule has 0 aliphatic heterocycles. The van der Waals surface area contributed by atoms with Crippen LogP contribution < -0.4 is 0 Å². The molecule has 9 heteroatoms. The van der Waals surface area contributed by atoms with Gasteiger partial charge in [0.05, 0.1) is 105 Å². The Hall–Kier alpha value is -20.0. The van der Waals surface area contributed by atoms with E-state index in [9.17, 15) is 0 Å². The molecule has 0 aliphatic rings. The van der Waals surface area contributed by atoms with Crippen molar-refractivity contribution in [2.75, 3.05) is 0 Å². The maximum Gasteiger partial charge on any atom is 0.0641 e. The minimum atomic E-state index is 1.14. The van der Waals surface area contributed by atoms with Gasteiger partial charge in [-0.25, -0.2) is 0 Å². The van der Waals surface area contributed by atoms with Crippen LogP contribution in [0, 0.1) is 0 Å². The molecule has 0 amide bonds. The summed E-state index contributed by atoms with van der Waals surface area (Å²) in [4.78, 5) is 0. The number of aromatic nitrogens is 9. The predicted octanol–water partition coefficient (Wildman–Crippen LogP) is 36.9. The monoisotopic (exact) mass is 1900 g/mol. The van der Waals surface area contributed by atoms with E-state index >= 15 is 0 Å². The van der Waals surface area contributed by atoms with Crippen molar-refractivity contribution in [3.8, 4) is 62.3 Å². The van der Waals surface area contributed by atoms with E-state index in [-0.39, 0.29) is 0 Å². The van der Waals surface area contributed by atoms with Crippen molar-refractivity contribution >= 4 is 218 Å². The third-order valence-corrected chi connectivity index (χ3v) is 31.4. The normalized spacial score (nSPS) is 12.0. The zero-order chi connectivity index (χ0) is 97.6. The molecule has 0 aliphatic carbocycles. The zero-order valence-corrected chi connectivity index (χ0v) is 80.9. The number of nitrogens with zero attached hydrogens (tertiary/aromatic N) is 9. The minimum Gasteiger partial charge on any atom is -0.309 e. The average molecular weight is 1900 g/mol. The standard InChI is InChI=1S/C50H31N3.C48H31N3.C42H27N3/c1-2-15-33(16-3-1)51-43-23-11-8-20-38(43)40-27-26-34(31-48(40)51)52-44-24-12-9-21-39(44)41-28-29-46-49(50(41)52)42-22-10-13-25-45(42)53(46)47-30-32-14-4-5-17-35(32)36-18-6-7-19-37(36)47;1-3-14-32(15-4-1)33-16-13-19-35(30-33)50-42-23-10-8-21-38(42)41-31-36(26-28-45(41)50)51-43-24-11-7-20-37(43)39-27-29-46-47(48(39)51)40-22-9-12-25-44(40)49(46)34-17-5-2-6-18-34;1-3-13-28(14-4-1)43-36-20-10-8-18-32(36)35-27-30(23-25-39(35)43)45-37-21-11-7-17-31(37)33-24-26-40-41(42(33)45)34-19-9-12-22-38(34)44(40)29-15-5-2-6-16-29/h1-31H;1-31H;1-27H. The van der Waals surface area contributed by atoms with Crippen molar-refractivity contribution in [1.29, 1.82) is 0 Å². The number of hydrogen-bond acceptors (Lipinski definition) is 0. The maximum atomic E-state index is 2.51. The van der Waals surface area contributed by atoms with Crippen molar-refractivity contribution in [1.82, 2.24) is 41.1 Å². The van der Waals surface area contributed by atoms with Crippen molar-refractivity contribution in [2.45, 2.75) is 0 Å². The van der Waals surface area contributed by atoms with Crippen LogP contribution in [0.2, 0.25) is 0 Å². The Balaban J connectivity index is 0.000000101. The lowest BCUT2D eigenvalue weighted by Crippen LogP contribution is -1.98. The van der Waals surface area contributed by atoms with Crippen LogP contribution in [0.3, 0.4) is 0 Å². The van der Waals surface area contributed by atoms with Crippen molar-refractivity contribution in [2.24, 2.45) is 0 Å². The van der Waals surface area contributed by atoms with Gasteiger partial charge in [0.2, 0.25) is 0 Å². The van der Waals surface area contributed by atoms with Crippen molar-refractivity contribution in [3.05, 3.63) is 540 Å². The first kappa shape index (κ1) is 83.6. The number of para-hydroxylation sites is 13. The minimum absolute atomic E-state index is 1.14. The Bertz CT molecular complexity index is 11300. The van der Waals surface area contributed by atoms with Gasteiger partial charge in [-0.05, 0) is 215 Å². The van der Waals surface area contributed by atoms with E-state index in [1.807, 2.05) is 0 Å². The molecule has 9 heterocycles. The first-order valence-electron chi connectivity index (χ1n) is 51.3. The summed E-state index contributed by atoms with van der Waals surface area (Å²) in [5, 5.41) is 27.6. The third kappa shape index (κ3) is 12.6. The number of rotatable bonds is 10. The molecule has 694 valence electrons. The summed E-state index contributed by atoms with van der Waals surface area (Å²) in [6, 6.07) is 197. The average Bonchev–Trinajstić information content (AvgIpc) is 1.55. The van der Waals surface area contributed by atoms with Crippen LogP contribution in [0.1, 0.15) is 0 Å². The van der Waals surface area contributed by atoms with Crippen LogP contribution in [0.25, 0.3) is 280 Å². The summed E-state index contributed by atoms with van der Waals surface area (Å²) in [6.45, 7) is 0. The molecule has 0 atom stereocenters. The summed E-state index contributed by atoms with van der Waals surface area (Å²) >= 11 is 0. The highest BCUT2D eigenvalue weighted by Crippen LogP contribution is 2.50. The molecule has 0 N–H and O–H groups in total. The Kier molecular flexibility index (Phi) is 18.7. The summed E-state index contributed by atoms with van der Waals surface area (Å²) in [7, 11) is 0. The van der Waals surface area contributed by atoms with Crippen molar-refractivity contribution < 1.29 is 0 Å². The van der Waals surface area contributed by atoms with Gasteiger partial charge in [0.25, 0.3) is 0 Å². The molecule has 9 nitrogen and oxygen atoms in total. The summed E-state index contributed by atoms with van der Waals surface area (Å²) in [6.07, 6.45) is 0. The fraction of sp³-hybridized carbons (Fsp3) is 0. The van der Waals surface area contributed by atoms with Crippen LogP contribution in [0.4, 0.5) is 0 Å². The summed E-state index contributed by atoms with van der Waals surface area (Å²) in [5.41, 5.74) is 34.7. The second-order valence-electron chi connectivity index (χ2n) is 39.3. The molecule has 0 radical (unpaired) electrons. The van der Waals surface area contributed by atoms with Crippen LogP contribution in [0.15, 0.2) is 540 Å². The zero-order valence-electron chi connectivity index (χ0n) is 80.9. The fourth-order valence-corrected chi connectivity index (χ4v) is 25.3. The molecule has 0 bridgehead atoms. The van der Waals surface area contributed by atoms with E-state index in [1.165, 1.54) is 246 Å². The first-order valence-corrected chi connectivity index (χ1v) is 51.3. The highest BCUT2D eigenvalue weighted by atomic mass is 15.1. The van der Waals surface area contributed by atoms with Gasteiger partial charge < -0.3 is 41.1 Å². The molecule has 33 aromatic rings. The molecule has 0 unspecified atom stereocenters. The van der Waals surface area contributed by atoms with E-state index in [1.54, 1.807) is 0 Å². The first-order chi connectivity index (χ1) is 74.0. The topological polar surface area (TPSA) is 44.4 Å². The van der Waals surface area contributed by atoms with Crippen LogP contribution in [-0.2, 0) is 0 Å². The molecule has 149 heavy (non-hydrogen) atoms. The fourth-order valence-electron chi connectivity index (χ4n) is 25.3.